The third kappa shape index (κ3) is 5.03. The van der Waals surface area contributed by atoms with Crippen molar-refractivity contribution in [1.29, 1.82) is 0 Å². The molecule has 1 rings (SSSR count). The second-order valence-corrected chi connectivity index (χ2v) is 5.43. The maximum Gasteiger partial charge on any atom is 0.306 e. The number of carbonyl (C=O) groups excluding carboxylic acids is 2. The first-order valence-electron chi connectivity index (χ1n) is 6.80. The zero-order chi connectivity index (χ0) is 13.5. The van der Waals surface area contributed by atoms with Gasteiger partial charge in [0.2, 0.25) is 0 Å². The summed E-state index contributed by atoms with van der Waals surface area (Å²) in [6.07, 6.45) is 6.63. The Balaban J connectivity index is 2.43. The lowest BCUT2D eigenvalue weighted by molar-refractivity contribution is -0.146. The zero-order valence-corrected chi connectivity index (χ0v) is 11.7. The van der Waals surface area contributed by atoms with Gasteiger partial charge in [-0.25, -0.2) is 0 Å². The van der Waals surface area contributed by atoms with E-state index >= 15 is 0 Å². The van der Waals surface area contributed by atoms with Gasteiger partial charge >= 0.3 is 5.97 Å². The average Bonchev–Trinajstić information content (AvgIpc) is 2.78. The number of ketones is 1. The maximum absolute atomic E-state index is 11.7. The van der Waals surface area contributed by atoms with E-state index in [4.69, 9.17) is 4.74 Å². The van der Waals surface area contributed by atoms with Crippen molar-refractivity contribution in [2.45, 2.75) is 52.9 Å². The van der Waals surface area contributed by atoms with Crippen molar-refractivity contribution in [2.24, 2.45) is 11.8 Å². The molecule has 0 bridgehead atoms. The molecule has 1 saturated carbocycles. The topological polar surface area (TPSA) is 43.4 Å². The first-order chi connectivity index (χ1) is 8.50. The summed E-state index contributed by atoms with van der Waals surface area (Å²) in [4.78, 5) is 23.3. The average molecular weight is 252 g/mol. The molecule has 0 spiro atoms. The molecule has 0 aromatic heterocycles. The highest BCUT2D eigenvalue weighted by molar-refractivity contribution is 5.83. The van der Waals surface area contributed by atoms with Crippen LogP contribution in [0.25, 0.3) is 0 Å². The highest BCUT2D eigenvalue weighted by atomic mass is 16.5. The second-order valence-electron chi connectivity index (χ2n) is 5.43. The SMILES string of the molecule is CC(=O)[C@H](CC(=O)OCC=C(C)C)C1CCCC1. The summed E-state index contributed by atoms with van der Waals surface area (Å²) in [6.45, 7) is 5.83. The fraction of sp³-hybridized carbons (Fsp3) is 0.733. The van der Waals surface area contributed by atoms with Crippen molar-refractivity contribution in [3.63, 3.8) is 0 Å². The zero-order valence-electron chi connectivity index (χ0n) is 11.7. The molecule has 102 valence electrons. The van der Waals surface area contributed by atoms with Gasteiger partial charge in [-0.05, 0) is 45.6 Å². The lowest BCUT2D eigenvalue weighted by Gasteiger charge is -2.19. The second kappa shape index (κ2) is 7.34. The van der Waals surface area contributed by atoms with Crippen molar-refractivity contribution in [3.8, 4) is 0 Å². The van der Waals surface area contributed by atoms with Crippen LogP contribution in [0.2, 0.25) is 0 Å². The maximum atomic E-state index is 11.7. The summed E-state index contributed by atoms with van der Waals surface area (Å²) in [5.41, 5.74) is 1.13. The van der Waals surface area contributed by atoms with E-state index in [-0.39, 0.29) is 24.1 Å². The number of ether oxygens (including phenoxy) is 1. The smallest absolute Gasteiger partial charge is 0.306 e. The van der Waals surface area contributed by atoms with Gasteiger partial charge in [0.15, 0.2) is 0 Å². The molecule has 0 amide bonds. The van der Waals surface area contributed by atoms with E-state index < -0.39 is 0 Å². The van der Waals surface area contributed by atoms with E-state index in [1.807, 2.05) is 19.9 Å². The van der Waals surface area contributed by atoms with Gasteiger partial charge in [0.25, 0.3) is 0 Å². The predicted octanol–water partition coefficient (Wildman–Crippen LogP) is 3.28. The van der Waals surface area contributed by atoms with E-state index in [0.29, 0.717) is 12.5 Å². The highest BCUT2D eigenvalue weighted by Gasteiger charge is 2.30. The Labute approximate surface area is 110 Å². The number of Topliss-reactive ketones (excluding diaryl/α,β-unsaturated/α-hetero) is 1. The third-order valence-corrected chi connectivity index (χ3v) is 3.61. The molecule has 1 atom stereocenters. The van der Waals surface area contributed by atoms with Gasteiger partial charge in [0.05, 0.1) is 6.42 Å². The predicted molar refractivity (Wildman–Crippen MR) is 71.1 cm³/mol. The van der Waals surface area contributed by atoms with Crippen LogP contribution in [0.3, 0.4) is 0 Å². The Bertz CT molecular complexity index is 321. The van der Waals surface area contributed by atoms with Crippen LogP contribution in [0.1, 0.15) is 52.9 Å². The van der Waals surface area contributed by atoms with Crippen molar-refractivity contribution in [2.75, 3.05) is 6.61 Å². The van der Waals surface area contributed by atoms with E-state index in [9.17, 15) is 9.59 Å². The van der Waals surface area contributed by atoms with Gasteiger partial charge in [-0.15, -0.1) is 0 Å². The van der Waals surface area contributed by atoms with Crippen molar-refractivity contribution in [1.82, 2.24) is 0 Å². The van der Waals surface area contributed by atoms with Crippen molar-refractivity contribution in [3.05, 3.63) is 11.6 Å². The van der Waals surface area contributed by atoms with Gasteiger partial charge in [0, 0.05) is 5.92 Å². The lowest BCUT2D eigenvalue weighted by Crippen LogP contribution is -2.24. The molecule has 0 N–H and O–H groups in total. The Kier molecular flexibility index (Phi) is 6.10. The van der Waals surface area contributed by atoms with Gasteiger partial charge in [-0.1, -0.05) is 18.4 Å². The summed E-state index contributed by atoms with van der Waals surface area (Å²) >= 11 is 0. The molecule has 1 aliphatic carbocycles. The van der Waals surface area contributed by atoms with Crippen LogP contribution in [0.4, 0.5) is 0 Å². The largest absolute Gasteiger partial charge is 0.461 e. The molecule has 3 nitrogen and oxygen atoms in total. The van der Waals surface area contributed by atoms with Gasteiger partial charge in [-0.2, -0.15) is 0 Å². The first kappa shape index (κ1) is 14.9. The number of rotatable bonds is 6. The Morgan fingerprint density at radius 3 is 2.33 bits per heavy atom. The Morgan fingerprint density at radius 1 is 1.22 bits per heavy atom. The fourth-order valence-electron chi connectivity index (χ4n) is 2.54. The van der Waals surface area contributed by atoms with Crippen LogP contribution in [0, 0.1) is 11.8 Å². The van der Waals surface area contributed by atoms with Crippen LogP contribution in [0.5, 0.6) is 0 Å². The molecule has 1 fully saturated rings. The monoisotopic (exact) mass is 252 g/mol. The highest BCUT2D eigenvalue weighted by Crippen LogP contribution is 2.33. The van der Waals surface area contributed by atoms with Gasteiger partial charge < -0.3 is 4.74 Å². The third-order valence-electron chi connectivity index (χ3n) is 3.61. The molecule has 3 heteroatoms. The summed E-state index contributed by atoms with van der Waals surface area (Å²) < 4.78 is 5.13. The molecule has 0 radical (unpaired) electrons. The lowest BCUT2D eigenvalue weighted by atomic mass is 9.85. The Morgan fingerprint density at radius 2 is 1.83 bits per heavy atom. The number of hydrogen-bond donors (Lipinski definition) is 0. The normalized spacial score (nSPS) is 17.3. The van der Waals surface area contributed by atoms with E-state index in [0.717, 1.165) is 18.4 Å². The molecule has 0 aromatic rings. The molecule has 0 saturated heterocycles. The molecular formula is C15H24O3. The first-order valence-corrected chi connectivity index (χ1v) is 6.80. The van der Waals surface area contributed by atoms with Gasteiger partial charge in [-0.3, -0.25) is 9.59 Å². The molecule has 0 unspecified atom stereocenters. The minimum atomic E-state index is -0.250. The molecule has 18 heavy (non-hydrogen) atoms. The van der Waals surface area contributed by atoms with Crippen LogP contribution < -0.4 is 0 Å². The minimum absolute atomic E-state index is 0.126. The molecule has 0 aromatic carbocycles. The van der Waals surface area contributed by atoms with E-state index in [2.05, 4.69) is 0 Å². The number of carbonyl (C=O) groups is 2. The number of hydrogen-bond acceptors (Lipinski definition) is 3. The van der Waals surface area contributed by atoms with Crippen LogP contribution >= 0.6 is 0 Å². The minimum Gasteiger partial charge on any atom is -0.461 e. The summed E-state index contributed by atoms with van der Waals surface area (Å²) in [7, 11) is 0. The fourth-order valence-corrected chi connectivity index (χ4v) is 2.54. The van der Waals surface area contributed by atoms with Crippen LogP contribution in [-0.2, 0) is 14.3 Å². The quantitative estimate of drug-likeness (QED) is 0.538. The summed E-state index contributed by atoms with van der Waals surface area (Å²) in [5, 5.41) is 0. The van der Waals surface area contributed by atoms with E-state index in [1.165, 1.54) is 12.8 Å². The standard InChI is InChI=1S/C15H24O3/c1-11(2)8-9-18-15(17)10-14(12(3)16)13-6-4-5-7-13/h8,13-14H,4-7,9-10H2,1-3H3/t14-/m0/s1. The summed E-state index contributed by atoms with van der Waals surface area (Å²) in [5.74, 6) is 0.130. The van der Waals surface area contributed by atoms with Gasteiger partial charge in [0.1, 0.15) is 12.4 Å². The van der Waals surface area contributed by atoms with Crippen LogP contribution in [-0.4, -0.2) is 18.4 Å². The number of esters is 1. The van der Waals surface area contributed by atoms with Crippen LogP contribution in [0.15, 0.2) is 11.6 Å². The molecule has 0 heterocycles. The van der Waals surface area contributed by atoms with Crippen molar-refractivity contribution >= 4 is 11.8 Å². The van der Waals surface area contributed by atoms with Crippen molar-refractivity contribution < 1.29 is 14.3 Å². The molecule has 0 aliphatic heterocycles. The molecule has 1 aliphatic rings. The van der Waals surface area contributed by atoms with E-state index in [1.54, 1.807) is 6.92 Å². The summed E-state index contributed by atoms with van der Waals surface area (Å²) in [6, 6.07) is 0. The molecular weight excluding hydrogens is 228 g/mol. The Hall–Kier alpha value is -1.12. The number of allylic oxidation sites excluding steroid dienone is 1.